The summed E-state index contributed by atoms with van der Waals surface area (Å²) in [5.74, 6) is -0.0279. The molecule has 3 heteroatoms. The molecule has 1 aliphatic rings. The first kappa shape index (κ1) is 14.5. The summed E-state index contributed by atoms with van der Waals surface area (Å²) in [7, 11) is 0. The Hall–Kier alpha value is -2.42. The molecule has 0 radical (unpaired) electrons. The van der Waals surface area contributed by atoms with Crippen molar-refractivity contribution in [2.75, 3.05) is 0 Å². The van der Waals surface area contributed by atoms with Gasteiger partial charge in [-0.3, -0.25) is 9.79 Å². The van der Waals surface area contributed by atoms with Gasteiger partial charge in [0.25, 0.3) is 5.91 Å². The molecular formula is C19H20N2O. The molecule has 0 fully saturated rings. The Kier molecular flexibility index (Phi) is 4.64. The molecule has 3 rings (SSSR count). The highest BCUT2D eigenvalue weighted by Gasteiger charge is 2.25. The number of hydrogen-bond donors (Lipinski definition) is 1. The third-order valence-electron chi connectivity index (χ3n) is 3.93. The Bertz CT molecular complexity index is 650. The predicted molar refractivity (Wildman–Crippen MR) is 88.9 cm³/mol. The second-order valence-electron chi connectivity index (χ2n) is 5.63. The van der Waals surface area contributed by atoms with Crippen LogP contribution in [0.15, 0.2) is 65.7 Å². The first-order valence-corrected chi connectivity index (χ1v) is 7.74. The number of carbonyl (C=O) groups excluding carboxylic acids is 1. The van der Waals surface area contributed by atoms with Crippen LogP contribution in [0, 0.1) is 0 Å². The molecule has 22 heavy (non-hydrogen) atoms. The number of nitrogens with zero attached hydrogens (tertiary/aromatic N) is 1. The molecule has 112 valence electrons. The van der Waals surface area contributed by atoms with E-state index in [1.54, 1.807) is 0 Å². The van der Waals surface area contributed by atoms with Crippen LogP contribution < -0.4 is 5.32 Å². The van der Waals surface area contributed by atoms with Crippen LogP contribution >= 0.6 is 0 Å². The number of nitrogens with one attached hydrogen (secondary N) is 1. The van der Waals surface area contributed by atoms with Gasteiger partial charge < -0.3 is 5.32 Å². The van der Waals surface area contributed by atoms with Gasteiger partial charge >= 0.3 is 0 Å². The third kappa shape index (κ3) is 3.82. The topological polar surface area (TPSA) is 41.5 Å². The minimum absolute atomic E-state index is 0.0279. The molecular weight excluding hydrogens is 272 g/mol. The van der Waals surface area contributed by atoms with Crippen molar-refractivity contribution in [3.05, 3.63) is 71.8 Å². The fourth-order valence-electron chi connectivity index (χ4n) is 2.61. The highest BCUT2D eigenvalue weighted by molar-refractivity contribution is 6.40. The molecule has 1 N–H and O–H groups in total. The molecule has 1 amide bonds. The molecule has 0 spiro atoms. The van der Waals surface area contributed by atoms with E-state index in [2.05, 4.69) is 34.6 Å². The van der Waals surface area contributed by atoms with Crippen LogP contribution in [0.5, 0.6) is 0 Å². The maximum absolute atomic E-state index is 12.0. The summed E-state index contributed by atoms with van der Waals surface area (Å²) >= 11 is 0. The maximum Gasteiger partial charge on any atom is 0.265 e. The third-order valence-corrected chi connectivity index (χ3v) is 3.93. The average molecular weight is 292 g/mol. The molecule has 0 bridgehead atoms. The summed E-state index contributed by atoms with van der Waals surface area (Å²) in [5.41, 5.74) is 3.13. The van der Waals surface area contributed by atoms with Crippen LogP contribution in [-0.4, -0.2) is 17.7 Å². The molecule has 1 heterocycles. The van der Waals surface area contributed by atoms with Crippen molar-refractivity contribution in [1.82, 2.24) is 5.32 Å². The smallest absolute Gasteiger partial charge is 0.265 e. The molecule has 0 saturated heterocycles. The van der Waals surface area contributed by atoms with Gasteiger partial charge in [-0.25, -0.2) is 0 Å². The van der Waals surface area contributed by atoms with Crippen molar-refractivity contribution in [2.24, 2.45) is 4.99 Å². The summed E-state index contributed by atoms with van der Waals surface area (Å²) in [6.45, 7) is 0.563. The van der Waals surface area contributed by atoms with Crippen LogP contribution in [0.1, 0.15) is 24.0 Å². The number of carbonyl (C=O) groups is 1. The van der Waals surface area contributed by atoms with Crippen molar-refractivity contribution in [3.63, 3.8) is 0 Å². The summed E-state index contributed by atoms with van der Waals surface area (Å²) in [5, 5.41) is 2.93. The van der Waals surface area contributed by atoms with Crippen molar-refractivity contribution in [2.45, 2.75) is 31.8 Å². The molecule has 2 aromatic rings. The van der Waals surface area contributed by atoms with E-state index >= 15 is 0 Å². The fraction of sp³-hybridized carbons (Fsp3) is 0.263. The molecule has 0 aromatic heterocycles. The lowest BCUT2D eigenvalue weighted by atomic mass is 9.96. The Morgan fingerprint density at radius 2 is 1.59 bits per heavy atom. The number of aliphatic imine (C=N–C) groups is 1. The average Bonchev–Trinajstić information content (AvgIpc) is 2.53. The summed E-state index contributed by atoms with van der Waals surface area (Å²) in [4.78, 5) is 16.4. The number of hydrogen-bond acceptors (Lipinski definition) is 2. The van der Waals surface area contributed by atoms with E-state index in [1.165, 1.54) is 5.56 Å². The minimum Gasteiger partial charge on any atom is -0.347 e. The maximum atomic E-state index is 12.0. The van der Waals surface area contributed by atoms with Crippen LogP contribution in [0.4, 0.5) is 0 Å². The van der Waals surface area contributed by atoms with Crippen molar-refractivity contribution in [1.29, 1.82) is 0 Å². The molecule has 0 saturated carbocycles. The Morgan fingerprint density at radius 1 is 1.00 bits per heavy atom. The van der Waals surface area contributed by atoms with Gasteiger partial charge in [0.05, 0.1) is 6.04 Å². The van der Waals surface area contributed by atoms with E-state index in [4.69, 9.17) is 0 Å². The SMILES string of the molecule is O=C(NCc1ccccc1)C1=NC(CCc2ccccc2)C1. The number of benzene rings is 2. The van der Waals surface area contributed by atoms with E-state index in [0.717, 1.165) is 24.8 Å². The van der Waals surface area contributed by atoms with Crippen molar-refractivity contribution in [3.8, 4) is 0 Å². The van der Waals surface area contributed by atoms with Gasteiger partial charge in [-0.2, -0.15) is 0 Å². The van der Waals surface area contributed by atoms with Crippen molar-refractivity contribution < 1.29 is 4.79 Å². The van der Waals surface area contributed by atoms with Gasteiger partial charge in [0.15, 0.2) is 0 Å². The van der Waals surface area contributed by atoms with Gasteiger partial charge in [-0.05, 0) is 24.0 Å². The summed E-state index contributed by atoms with van der Waals surface area (Å²) in [6.07, 6.45) is 2.83. The normalized spacial score (nSPS) is 16.5. The molecule has 1 atom stereocenters. The first-order chi connectivity index (χ1) is 10.8. The predicted octanol–water partition coefficient (Wildman–Crippen LogP) is 3.15. The Labute approximate surface area is 131 Å². The minimum atomic E-state index is -0.0279. The van der Waals surface area contributed by atoms with Gasteiger partial charge in [-0.15, -0.1) is 0 Å². The number of aryl methyl sites for hydroxylation is 1. The number of amides is 1. The lowest BCUT2D eigenvalue weighted by Gasteiger charge is -2.23. The highest BCUT2D eigenvalue weighted by atomic mass is 16.1. The van der Waals surface area contributed by atoms with E-state index in [0.29, 0.717) is 18.3 Å². The van der Waals surface area contributed by atoms with Gasteiger partial charge in [0.2, 0.25) is 0 Å². The molecule has 0 aliphatic carbocycles. The monoisotopic (exact) mass is 292 g/mol. The summed E-state index contributed by atoms with van der Waals surface area (Å²) < 4.78 is 0. The standard InChI is InChI=1S/C19H20N2O/c22-19(20-14-16-9-5-2-6-10-16)18-13-17(21-18)12-11-15-7-3-1-4-8-15/h1-10,17H,11-14H2,(H,20,22). The Morgan fingerprint density at radius 3 is 2.23 bits per heavy atom. The second-order valence-corrected chi connectivity index (χ2v) is 5.63. The first-order valence-electron chi connectivity index (χ1n) is 7.74. The van der Waals surface area contributed by atoms with Crippen LogP contribution in [0.25, 0.3) is 0 Å². The van der Waals surface area contributed by atoms with E-state index < -0.39 is 0 Å². The van der Waals surface area contributed by atoms with Crippen LogP contribution in [-0.2, 0) is 17.8 Å². The zero-order valence-corrected chi connectivity index (χ0v) is 12.5. The van der Waals surface area contributed by atoms with Crippen LogP contribution in [0.3, 0.4) is 0 Å². The zero-order valence-electron chi connectivity index (χ0n) is 12.5. The highest BCUT2D eigenvalue weighted by Crippen LogP contribution is 2.19. The zero-order chi connectivity index (χ0) is 15.2. The van der Waals surface area contributed by atoms with Crippen LogP contribution in [0.2, 0.25) is 0 Å². The molecule has 1 unspecified atom stereocenters. The lowest BCUT2D eigenvalue weighted by molar-refractivity contribution is -0.115. The largest absolute Gasteiger partial charge is 0.347 e. The lowest BCUT2D eigenvalue weighted by Crippen LogP contribution is -2.38. The van der Waals surface area contributed by atoms with Crippen molar-refractivity contribution >= 4 is 11.6 Å². The van der Waals surface area contributed by atoms with E-state index in [9.17, 15) is 4.79 Å². The molecule has 2 aromatic carbocycles. The van der Waals surface area contributed by atoms with Gasteiger partial charge in [0, 0.05) is 13.0 Å². The summed E-state index contributed by atoms with van der Waals surface area (Å²) in [6, 6.07) is 20.6. The Balaban J connectivity index is 1.42. The number of rotatable bonds is 6. The fourth-order valence-corrected chi connectivity index (χ4v) is 2.61. The molecule has 1 aliphatic heterocycles. The van der Waals surface area contributed by atoms with Gasteiger partial charge in [0.1, 0.15) is 5.71 Å². The second kappa shape index (κ2) is 7.03. The van der Waals surface area contributed by atoms with Gasteiger partial charge in [-0.1, -0.05) is 60.7 Å². The van der Waals surface area contributed by atoms with E-state index in [1.807, 2.05) is 36.4 Å². The molecule has 3 nitrogen and oxygen atoms in total. The quantitative estimate of drug-likeness (QED) is 0.873. The van der Waals surface area contributed by atoms with E-state index in [-0.39, 0.29) is 5.91 Å².